The second kappa shape index (κ2) is 9.07. The number of amides is 1. The minimum Gasteiger partial charge on any atom is -0.493 e. The molecule has 0 radical (unpaired) electrons. The van der Waals surface area contributed by atoms with E-state index < -0.39 is 0 Å². The molecule has 0 aliphatic heterocycles. The molecule has 2 aromatic rings. The number of rotatable bonds is 7. The first-order valence-electron chi connectivity index (χ1n) is 8.61. The van der Waals surface area contributed by atoms with Crippen molar-refractivity contribution in [3.8, 4) is 17.2 Å². The number of hydrogen-bond donors (Lipinski definition) is 1. The van der Waals surface area contributed by atoms with Gasteiger partial charge in [-0.2, -0.15) is 5.10 Å². The van der Waals surface area contributed by atoms with Crippen molar-refractivity contribution in [3.63, 3.8) is 0 Å². The van der Waals surface area contributed by atoms with Crippen molar-refractivity contribution in [1.82, 2.24) is 5.43 Å². The average molecular weight is 370 g/mol. The summed E-state index contributed by atoms with van der Waals surface area (Å²) in [4.78, 5) is 11.9. The van der Waals surface area contributed by atoms with E-state index in [1.165, 1.54) is 11.8 Å². The highest BCUT2D eigenvalue weighted by molar-refractivity contribution is 5.86. The van der Waals surface area contributed by atoms with Gasteiger partial charge in [0.15, 0.2) is 18.1 Å². The molecule has 0 saturated heterocycles. The molecule has 0 unspecified atom stereocenters. The van der Waals surface area contributed by atoms with Crippen molar-refractivity contribution in [2.45, 2.75) is 26.2 Å². The topological polar surface area (TPSA) is 69.2 Å². The molecular formula is C21H26N2O4. The predicted octanol–water partition coefficient (Wildman–Crippen LogP) is 3.53. The van der Waals surface area contributed by atoms with Crippen LogP contribution in [0, 0.1) is 0 Å². The van der Waals surface area contributed by atoms with E-state index >= 15 is 0 Å². The van der Waals surface area contributed by atoms with Gasteiger partial charge in [-0.25, -0.2) is 5.43 Å². The van der Waals surface area contributed by atoms with Gasteiger partial charge in [-0.15, -0.1) is 0 Å². The first-order chi connectivity index (χ1) is 12.8. The zero-order valence-electron chi connectivity index (χ0n) is 16.4. The Hall–Kier alpha value is -3.02. The maximum absolute atomic E-state index is 11.9. The van der Waals surface area contributed by atoms with E-state index in [1.807, 2.05) is 36.4 Å². The molecule has 27 heavy (non-hydrogen) atoms. The Kier molecular flexibility index (Phi) is 6.82. The van der Waals surface area contributed by atoms with Gasteiger partial charge in [-0.1, -0.05) is 39.0 Å². The van der Waals surface area contributed by atoms with Gasteiger partial charge in [0, 0.05) is 5.56 Å². The number of carbonyl (C=O) groups excluding carboxylic acids is 1. The van der Waals surface area contributed by atoms with Crippen LogP contribution in [0.4, 0.5) is 0 Å². The molecule has 144 valence electrons. The molecule has 0 bridgehead atoms. The smallest absolute Gasteiger partial charge is 0.277 e. The molecule has 0 aliphatic carbocycles. The zero-order valence-corrected chi connectivity index (χ0v) is 16.4. The molecule has 0 aromatic heterocycles. The lowest BCUT2D eigenvalue weighted by Gasteiger charge is -2.19. The van der Waals surface area contributed by atoms with Crippen LogP contribution in [0.2, 0.25) is 0 Å². The van der Waals surface area contributed by atoms with Gasteiger partial charge in [0.05, 0.1) is 20.4 Å². The molecule has 0 fully saturated rings. The molecule has 0 saturated carbocycles. The molecule has 2 rings (SSSR count). The molecule has 0 atom stereocenters. The van der Waals surface area contributed by atoms with Crippen LogP contribution in [0.25, 0.3) is 0 Å². The summed E-state index contributed by atoms with van der Waals surface area (Å²) >= 11 is 0. The number of nitrogens with zero attached hydrogens (tertiary/aromatic N) is 1. The largest absolute Gasteiger partial charge is 0.493 e. The molecule has 6 heteroatoms. The number of para-hydroxylation sites is 1. The molecule has 1 amide bonds. The number of ether oxygens (including phenoxy) is 3. The first kappa shape index (κ1) is 20.3. The molecule has 0 heterocycles. The summed E-state index contributed by atoms with van der Waals surface area (Å²) in [6, 6.07) is 13.1. The molecule has 0 aliphatic rings. The molecule has 6 nitrogen and oxygen atoms in total. The van der Waals surface area contributed by atoms with Crippen LogP contribution in [0.5, 0.6) is 17.2 Å². The van der Waals surface area contributed by atoms with Gasteiger partial charge in [0.1, 0.15) is 5.75 Å². The normalized spacial score (nSPS) is 11.3. The van der Waals surface area contributed by atoms with E-state index in [2.05, 4.69) is 31.3 Å². The number of hydrogen-bond acceptors (Lipinski definition) is 5. The third-order valence-electron chi connectivity index (χ3n) is 3.92. The lowest BCUT2D eigenvalue weighted by Crippen LogP contribution is -2.24. The lowest BCUT2D eigenvalue weighted by atomic mass is 9.87. The minimum absolute atomic E-state index is 0.0752. The van der Waals surface area contributed by atoms with Crippen LogP contribution in [-0.2, 0) is 10.2 Å². The average Bonchev–Trinajstić information content (AvgIpc) is 2.65. The monoisotopic (exact) mass is 370 g/mol. The van der Waals surface area contributed by atoms with Crippen LogP contribution in [0.1, 0.15) is 31.9 Å². The van der Waals surface area contributed by atoms with Crippen LogP contribution in [-0.4, -0.2) is 32.9 Å². The summed E-state index contributed by atoms with van der Waals surface area (Å²) in [7, 11) is 3.11. The van der Waals surface area contributed by atoms with E-state index in [1.54, 1.807) is 20.3 Å². The van der Waals surface area contributed by atoms with E-state index in [0.29, 0.717) is 22.8 Å². The lowest BCUT2D eigenvalue weighted by molar-refractivity contribution is -0.123. The van der Waals surface area contributed by atoms with Crippen molar-refractivity contribution < 1.29 is 19.0 Å². The summed E-state index contributed by atoms with van der Waals surface area (Å²) in [5, 5.41) is 3.94. The summed E-state index contributed by atoms with van der Waals surface area (Å²) in [5.74, 6) is 1.42. The van der Waals surface area contributed by atoms with Gasteiger partial charge in [-0.05, 0) is 35.2 Å². The summed E-state index contributed by atoms with van der Waals surface area (Å²) in [5.41, 5.74) is 4.41. The van der Waals surface area contributed by atoms with Gasteiger partial charge in [-0.3, -0.25) is 4.79 Å². The zero-order chi connectivity index (χ0) is 19.9. The van der Waals surface area contributed by atoms with Crippen molar-refractivity contribution in [2.75, 3.05) is 20.8 Å². The van der Waals surface area contributed by atoms with Gasteiger partial charge >= 0.3 is 0 Å². The Morgan fingerprint density at radius 1 is 1.07 bits per heavy atom. The summed E-state index contributed by atoms with van der Waals surface area (Å²) < 4.78 is 16.0. The van der Waals surface area contributed by atoms with Crippen molar-refractivity contribution in [1.29, 1.82) is 0 Å². The van der Waals surface area contributed by atoms with E-state index in [-0.39, 0.29) is 17.9 Å². The van der Waals surface area contributed by atoms with E-state index in [4.69, 9.17) is 14.2 Å². The quantitative estimate of drug-likeness (QED) is 0.598. The Balaban J connectivity index is 1.89. The number of nitrogens with one attached hydrogen (secondary N) is 1. The highest BCUT2D eigenvalue weighted by Crippen LogP contribution is 2.29. The van der Waals surface area contributed by atoms with Crippen LogP contribution >= 0.6 is 0 Å². The fraction of sp³-hybridized carbons (Fsp3) is 0.333. The minimum atomic E-state index is -0.354. The van der Waals surface area contributed by atoms with Crippen LogP contribution < -0.4 is 19.6 Å². The van der Waals surface area contributed by atoms with Crippen LogP contribution in [0.15, 0.2) is 47.6 Å². The van der Waals surface area contributed by atoms with E-state index in [9.17, 15) is 4.79 Å². The summed E-state index contributed by atoms with van der Waals surface area (Å²) in [6.45, 7) is 6.31. The molecule has 0 spiro atoms. The number of methoxy groups -OCH3 is 2. The maximum atomic E-state index is 11.9. The van der Waals surface area contributed by atoms with Crippen molar-refractivity contribution in [2.24, 2.45) is 5.10 Å². The fourth-order valence-electron chi connectivity index (χ4n) is 2.42. The number of carbonyl (C=O) groups is 1. The fourth-order valence-corrected chi connectivity index (χ4v) is 2.42. The first-order valence-corrected chi connectivity index (χ1v) is 8.61. The molecule has 2 aromatic carbocycles. The number of hydrazone groups is 1. The third kappa shape index (κ3) is 5.74. The number of benzene rings is 2. The van der Waals surface area contributed by atoms with Crippen molar-refractivity contribution >= 4 is 12.1 Å². The highest BCUT2D eigenvalue weighted by Gasteiger charge is 2.13. The Morgan fingerprint density at radius 2 is 1.78 bits per heavy atom. The second-order valence-corrected chi connectivity index (χ2v) is 6.94. The second-order valence-electron chi connectivity index (χ2n) is 6.94. The SMILES string of the molecule is COc1cccc(/C=N\NC(=O)COc2ccc(C(C)(C)C)cc2)c1OC. The van der Waals surface area contributed by atoms with Gasteiger partial charge in [0.2, 0.25) is 0 Å². The highest BCUT2D eigenvalue weighted by atomic mass is 16.5. The standard InChI is InChI=1S/C21H26N2O4/c1-21(2,3)16-9-11-17(12-10-16)27-14-19(24)23-22-13-15-7-6-8-18(25-4)20(15)26-5/h6-13H,14H2,1-5H3,(H,23,24)/b22-13-. The summed E-state index contributed by atoms with van der Waals surface area (Å²) in [6.07, 6.45) is 1.50. The molecular weight excluding hydrogens is 344 g/mol. The van der Waals surface area contributed by atoms with Crippen molar-refractivity contribution in [3.05, 3.63) is 53.6 Å². The third-order valence-corrected chi connectivity index (χ3v) is 3.92. The Labute approximate surface area is 160 Å². The van der Waals surface area contributed by atoms with Gasteiger partial charge in [0.25, 0.3) is 5.91 Å². The van der Waals surface area contributed by atoms with Gasteiger partial charge < -0.3 is 14.2 Å². The van der Waals surface area contributed by atoms with E-state index in [0.717, 1.165) is 0 Å². The van der Waals surface area contributed by atoms with Crippen LogP contribution in [0.3, 0.4) is 0 Å². The molecule has 1 N–H and O–H groups in total. The Morgan fingerprint density at radius 3 is 2.37 bits per heavy atom. The maximum Gasteiger partial charge on any atom is 0.277 e. The Bertz CT molecular complexity index is 793. The predicted molar refractivity (Wildman–Crippen MR) is 106 cm³/mol.